The minimum absolute atomic E-state index is 0.263. The number of carbonyl (C=O) groups excluding carboxylic acids is 2. The van der Waals surface area contributed by atoms with Crippen LogP contribution in [0.25, 0.3) is 0 Å². The molecule has 0 saturated carbocycles. The number of hydrogen-bond donors (Lipinski definition) is 0. The van der Waals surface area contributed by atoms with Crippen molar-refractivity contribution in [2.24, 2.45) is 0 Å². The third kappa shape index (κ3) is 4.13. The monoisotopic (exact) mass is 264 g/mol. The van der Waals surface area contributed by atoms with Crippen molar-refractivity contribution in [1.29, 1.82) is 0 Å². The van der Waals surface area contributed by atoms with Crippen molar-refractivity contribution in [2.45, 2.75) is 58.7 Å². The topological polar surface area (TPSA) is 52.6 Å². The standard InChI is InChI=1S/C15H20O4/c1-5-11-8-12(18-14(16)6-2)9-13(10(11)4)19-15(17)7-3/h1,12-13H,6-9H2,2-4H3/t12-,13-/m0/s1. The van der Waals surface area contributed by atoms with Crippen LogP contribution in [-0.4, -0.2) is 24.1 Å². The highest BCUT2D eigenvalue weighted by Crippen LogP contribution is 2.29. The Hall–Kier alpha value is -1.76. The zero-order valence-electron chi connectivity index (χ0n) is 11.7. The van der Waals surface area contributed by atoms with Gasteiger partial charge in [0.1, 0.15) is 12.2 Å². The van der Waals surface area contributed by atoms with Gasteiger partial charge in [0, 0.05) is 31.3 Å². The first kappa shape index (κ1) is 15.3. The van der Waals surface area contributed by atoms with E-state index in [1.165, 1.54) is 0 Å². The van der Waals surface area contributed by atoms with Crippen LogP contribution in [0.4, 0.5) is 0 Å². The maximum absolute atomic E-state index is 11.4. The van der Waals surface area contributed by atoms with Gasteiger partial charge in [-0.15, -0.1) is 6.42 Å². The molecular weight excluding hydrogens is 244 g/mol. The summed E-state index contributed by atoms with van der Waals surface area (Å²) in [6, 6.07) is 0. The van der Waals surface area contributed by atoms with Crippen molar-refractivity contribution in [3.63, 3.8) is 0 Å². The van der Waals surface area contributed by atoms with Crippen LogP contribution >= 0.6 is 0 Å². The van der Waals surface area contributed by atoms with Gasteiger partial charge in [0.15, 0.2) is 0 Å². The second kappa shape index (κ2) is 6.98. The van der Waals surface area contributed by atoms with Crippen molar-refractivity contribution < 1.29 is 19.1 Å². The van der Waals surface area contributed by atoms with E-state index in [2.05, 4.69) is 5.92 Å². The van der Waals surface area contributed by atoms with Crippen LogP contribution in [0.1, 0.15) is 46.5 Å². The van der Waals surface area contributed by atoms with E-state index in [-0.39, 0.29) is 24.1 Å². The van der Waals surface area contributed by atoms with E-state index in [0.717, 1.165) is 11.1 Å². The summed E-state index contributed by atoms with van der Waals surface area (Å²) < 4.78 is 10.7. The van der Waals surface area contributed by atoms with Crippen molar-refractivity contribution in [2.75, 3.05) is 0 Å². The first-order valence-corrected chi connectivity index (χ1v) is 6.56. The molecule has 19 heavy (non-hydrogen) atoms. The zero-order chi connectivity index (χ0) is 14.4. The molecular formula is C15H20O4. The van der Waals surface area contributed by atoms with Crippen molar-refractivity contribution in [3.05, 3.63) is 11.1 Å². The normalized spacial score (nSPS) is 22.6. The summed E-state index contributed by atoms with van der Waals surface area (Å²) in [5, 5.41) is 0. The fraction of sp³-hybridized carbons (Fsp3) is 0.600. The van der Waals surface area contributed by atoms with Gasteiger partial charge in [-0.05, 0) is 12.5 Å². The largest absolute Gasteiger partial charge is 0.462 e. The summed E-state index contributed by atoms with van der Waals surface area (Å²) in [5.41, 5.74) is 1.64. The maximum atomic E-state index is 11.4. The molecule has 2 atom stereocenters. The summed E-state index contributed by atoms with van der Waals surface area (Å²) >= 11 is 0. The molecule has 1 aliphatic carbocycles. The lowest BCUT2D eigenvalue weighted by molar-refractivity contribution is -0.154. The van der Waals surface area contributed by atoms with Gasteiger partial charge in [0.2, 0.25) is 0 Å². The van der Waals surface area contributed by atoms with Gasteiger partial charge < -0.3 is 9.47 Å². The van der Waals surface area contributed by atoms with E-state index in [4.69, 9.17) is 15.9 Å². The summed E-state index contributed by atoms with van der Waals surface area (Å²) in [7, 11) is 0. The van der Waals surface area contributed by atoms with Gasteiger partial charge in [-0.3, -0.25) is 9.59 Å². The van der Waals surface area contributed by atoms with Crippen LogP contribution in [0.5, 0.6) is 0 Å². The lowest BCUT2D eigenvalue weighted by Gasteiger charge is -2.30. The third-order valence-corrected chi connectivity index (χ3v) is 3.19. The predicted octanol–water partition coefficient (Wildman–Crippen LogP) is 2.37. The number of terminal acetylenes is 1. The van der Waals surface area contributed by atoms with Gasteiger partial charge in [-0.2, -0.15) is 0 Å². The molecule has 0 unspecified atom stereocenters. The molecule has 0 fully saturated rings. The van der Waals surface area contributed by atoms with E-state index in [9.17, 15) is 9.59 Å². The molecule has 0 spiro atoms. The summed E-state index contributed by atoms with van der Waals surface area (Å²) in [6.45, 7) is 5.34. The molecule has 4 heteroatoms. The highest BCUT2D eigenvalue weighted by Gasteiger charge is 2.30. The molecule has 0 saturated heterocycles. The number of rotatable bonds is 4. The van der Waals surface area contributed by atoms with Crippen molar-refractivity contribution in [1.82, 2.24) is 0 Å². The Bertz CT molecular complexity index is 428. The third-order valence-electron chi connectivity index (χ3n) is 3.19. The molecule has 0 bridgehead atoms. The second-order valence-corrected chi connectivity index (χ2v) is 4.54. The molecule has 0 aromatic rings. The van der Waals surface area contributed by atoms with Crippen LogP contribution < -0.4 is 0 Å². The van der Waals surface area contributed by atoms with Gasteiger partial charge >= 0.3 is 11.9 Å². The molecule has 0 radical (unpaired) electrons. The average molecular weight is 264 g/mol. The molecule has 0 N–H and O–H groups in total. The number of esters is 2. The Morgan fingerprint density at radius 3 is 2.37 bits per heavy atom. The van der Waals surface area contributed by atoms with Gasteiger partial charge in [-0.1, -0.05) is 19.8 Å². The quantitative estimate of drug-likeness (QED) is 0.578. The van der Waals surface area contributed by atoms with Crippen molar-refractivity contribution in [3.8, 4) is 12.3 Å². The Kier molecular flexibility index (Phi) is 5.62. The van der Waals surface area contributed by atoms with Gasteiger partial charge in [-0.25, -0.2) is 0 Å². The fourth-order valence-corrected chi connectivity index (χ4v) is 1.99. The van der Waals surface area contributed by atoms with E-state index < -0.39 is 0 Å². The number of ether oxygens (including phenoxy) is 2. The molecule has 4 nitrogen and oxygen atoms in total. The molecule has 0 heterocycles. The molecule has 0 aromatic carbocycles. The van der Waals surface area contributed by atoms with E-state index in [0.29, 0.717) is 25.7 Å². The van der Waals surface area contributed by atoms with E-state index >= 15 is 0 Å². The average Bonchev–Trinajstić information content (AvgIpc) is 2.41. The minimum Gasteiger partial charge on any atom is -0.462 e. The summed E-state index contributed by atoms with van der Waals surface area (Å²) in [5.74, 6) is 2.06. The van der Waals surface area contributed by atoms with Gasteiger partial charge in [0.25, 0.3) is 0 Å². The highest BCUT2D eigenvalue weighted by atomic mass is 16.6. The predicted molar refractivity (Wildman–Crippen MR) is 71.1 cm³/mol. The van der Waals surface area contributed by atoms with Crippen LogP contribution in [-0.2, 0) is 19.1 Å². The Morgan fingerprint density at radius 2 is 1.84 bits per heavy atom. The summed E-state index contributed by atoms with van der Waals surface area (Å²) in [4.78, 5) is 22.7. The van der Waals surface area contributed by atoms with E-state index in [1.807, 2.05) is 6.92 Å². The Balaban J connectivity index is 2.82. The van der Waals surface area contributed by atoms with Gasteiger partial charge in [0.05, 0.1) is 0 Å². The SMILES string of the molecule is C#CC1=C(C)[C@@H](OC(=O)CC)C[C@@H](OC(=O)CC)C1. The molecule has 0 aromatic heterocycles. The molecule has 1 aliphatic rings. The molecule has 0 aliphatic heterocycles. The van der Waals surface area contributed by atoms with Crippen LogP contribution in [0.2, 0.25) is 0 Å². The van der Waals surface area contributed by atoms with Crippen LogP contribution in [0, 0.1) is 12.3 Å². The smallest absolute Gasteiger partial charge is 0.306 e. The van der Waals surface area contributed by atoms with Crippen molar-refractivity contribution >= 4 is 11.9 Å². The molecule has 104 valence electrons. The maximum Gasteiger partial charge on any atom is 0.306 e. The van der Waals surface area contributed by atoms with Crippen LogP contribution in [0.15, 0.2) is 11.1 Å². The van der Waals surface area contributed by atoms with E-state index in [1.54, 1.807) is 13.8 Å². The number of hydrogen-bond acceptors (Lipinski definition) is 4. The summed E-state index contributed by atoms with van der Waals surface area (Å²) in [6.07, 6.45) is 6.40. The minimum atomic E-state index is -0.387. The lowest BCUT2D eigenvalue weighted by Crippen LogP contribution is -2.32. The second-order valence-electron chi connectivity index (χ2n) is 4.54. The van der Waals surface area contributed by atoms with Crippen LogP contribution in [0.3, 0.4) is 0 Å². The molecule has 1 rings (SSSR count). The highest BCUT2D eigenvalue weighted by molar-refractivity contribution is 5.70. The lowest BCUT2D eigenvalue weighted by atomic mass is 9.88. The first-order valence-electron chi connectivity index (χ1n) is 6.56. The number of carbonyl (C=O) groups is 2. The Labute approximate surface area is 114 Å². The molecule has 0 amide bonds. The fourth-order valence-electron chi connectivity index (χ4n) is 1.99. The Morgan fingerprint density at radius 1 is 1.26 bits per heavy atom. The zero-order valence-corrected chi connectivity index (χ0v) is 11.7. The first-order chi connectivity index (χ1) is 9.01.